The molecule has 130 valence electrons. The number of benzene rings is 2. The van der Waals surface area contributed by atoms with E-state index in [1.165, 1.54) is 11.3 Å². The molecule has 0 bridgehead atoms. The highest BCUT2D eigenvalue weighted by Gasteiger charge is 2.07. The Morgan fingerprint density at radius 3 is 2.81 bits per heavy atom. The van der Waals surface area contributed by atoms with Crippen LogP contribution in [0.2, 0.25) is 5.02 Å². The minimum absolute atomic E-state index is 0.670. The van der Waals surface area contributed by atoms with Gasteiger partial charge in [-0.15, -0.1) is 11.3 Å². The van der Waals surface area contributed by atoms with Crippen LogP contribution in [0.3, 0.4) is 0 Å². The van der Waals surface area contributed by atoms with Gasteiger partial charge in [0, 0.05) is 20.4 Å². The summed E-state index contributed by atoms with van der Waals surface area (Å²) in [7, 11) is 0. The lowest BCUT2D eigenvalue weighted by Gasteiger charge is -1.98. The number of aromatic nitrogens is 3. The Balaban J connectivity index is 1.52. The normalized spacial score (nSPS) is 11.9. The van der Waals surface area contributed by atoms with Crippen LogP contribution < -0.4 is 5.43 Å². The molecule has 26 heavy (non-hydrogen) atoms. The second-order valence-corrected chi connectivity index (χ2v) is 7.81. The Morgan fingerprint density at radius 1 is 1.19 bits per heavy atom. The molecule has 0 radical (unpaired) electrons. The van der Waals surface area contributed by atoms with E-state index < -0.39 is 0 Å². The average molecular weight is 447 g/mol. The van der Waals surface area contributed by atoms with E-state index in [4.69, 9.17) is 11.6 Å². The number of H-pyrrole nitrogens is 1. The number of nitrogens with zero attached hydrogens (tertiary/aromatic N) is 3. The van der Waals surface area contributed by atoms with Gasteiger partial charge in [0.1, 0.15) is 5.71 Å². The second kappa shape index (κ2) is 7.19. The van der Waals surface area contributed by atoms with Crippen molar-refractivity contribution in [3.05, 3.63) is 63.2 Å². The molecule has 0 aliphatic rings. The Labute approximate surface area is 167 Å². The molecule has 0 aliphatic heterocycles. The monoisotopic (exact) mass is 445 g/mol. The van der Waals surface area contributed by atoms with E-state index in [2.05, 4.69) is 41.4 Å². The first-order chi connectivity index (χ1) is 12.6. The maximum atomic E-state index is 6.01. The maximum Gasteiger partial charge on any atom is 0.203 e. The average Bonchev–Trinajstić information content (AvgIpc) is 3.27. The van der Waals surface area contributed by atoms with Crippen molar-refractivity contribution in [2.45, 2.75) is 6.92 Å². The molecule has 0 amide bonds. The molecule has 4 rings (SSSR count). The third-order valence-electron chi connectivity index (χ3n) is 3.75. The zero-order chi connectivity index (χ0) is 18.1. The maximum absolute atomic E-state index is 6.01. The van der Waals surface area contributed by atoms with Crippen LogP contribution in [0.4, 0.5) is 5.13 Å². The van der Waals surface area contributed by atoms with Crippen LogP contribution in [0, 0.1) is 0 Å². The van der Waals surface area contributed by atoms with Gasteiger partial charge in [0.05, 0.1) is 16.7 Å². The molecular formula is C18H13BrClN5S. The summed E-state index contributed by atoms with van der Waals surface area (Å²) in [6, 6.07) is 13.6. The summed E-state index contributed by atoms with van der Waals surface area (Å²) in [5, 5.41) is 7.78. The molecule has 0 unspecified atom stereocenters. The fourth-order valence-corrected chi connectivity index (χ4v) is 3.51. The van der Waals surface area contributed by atoms with E-state index >= 15 is 0 Å². The van der Waals surface area contributed by atoms with Crippen LogP contribution in [-0.2, 0) is 0 Å². The first-order valence-corrected chi connectivity index (χ1v) is 9.81. The number of halogens is 2. The third kappa shape index (κ3) is 3.65. The molecule has 0 spiro atoms. The minimum Gasteiger partial charge on any atom is -0.337 e. The summed E-state index contributed by atoms with van der Waals surface area (Å²) in [4.78, 5) is 12.3. The van der Waals surface area contributed by atoms with Gasteiger partial charge in [-0.05, 0) is 37.3 Å². The van der Waals surface area contributed by atoms with Gasteiger partial charge in [-0.2, -0.15) is 5.10 Å². The lowest BCUT2D eigenvalue weighted by molar-refractivity contribution is 1.22. The molecule has 2 aromatic heterocycles. The van der Waals surface area contributed by atoms with Crippen molar-refractivity contribution in [2.24, 2.45) is 5.10 Å². The smallest absolute Gasteiger partial charge is 0.203 e. The standard InChI is InChI=1S/C18H13BrClN5S/c1-10(17-21-14-7-6-13(20)8-15(14)22-17)24-25-18-23-16(9-26-18)11-2-4-12(19)5-3-11/h2-9H,1H3,(H,21,22)(H,23,25)/b24-10+. The van der Waals surface area contributed by atoms with Crippen molar-refractivity contribution in [3.8, 4) is 11.3 Å². The number of fused-ring (bicyclic) bond motifs is 1. The van der Waals surface area contributed by atoms with Crippen molar-refractivity contribution < 1.29 is 0 Å². The van der Waals surface area contributed by atoms with E-state index in [1.807, 2.05) is 54.8 Å². The Hall–Kier alpha value is -2.22. The van der Waals surface area contributed by atoms with Crippen molar-refractivity contribution >= 4 is 60.7 Å². The molecular weight excluding hydrogens is 434 g/mol. The third-order valence-corrected chi connectivity index (χ3v) is 5.26. The van der Waals surface area contributed by atoms with Crippen LogP contribution in [0.1, 0.15) is 12.7 Å². The van der Waals surface area contributed by atoms with Crippen molar-refractivity contribution in [3.63, 3.8) is 0 Å². The molecule has 5 nitrogen and oxygen atoms in total. The summed E-state index contributed by atoms with van der Waals surface area (Å²) in [5.41, 5.74) is 7.45. The number of nitrogens with one attached hydrogen (secondary N) is 2. The number of aromatic amines is 1. The highest BCUT2D eigenvalue weighted by atomic mass is 79.9. The zero-order valence-electron chi connectivity index (χ0n) is 13.6. The van der Waals surface area contributed by atoms with E-state index in [1.54, 1.807) is 0 Å². The minimum atomic E-state index is 0.670. The molecule has 0 fully saturated rings. The molecule has 2 N–H and O–H groups in total. The molecule has 2 heterocycles. The lowest BCUT2D eigenvalue weighted by atomic mass is 10.2. The number of hydrogen-bond donors (Lipinski definition) is 2. The van der Waals surface area contributed by atoms with Gasteiger partial charge < -0.3 is 4.98 Å². The highest BCUT2D eigenvalue weighted by Crippen LogP contribution is 2.26. The van der Waals surface area contributed by atoms with Crippen LogP contribution in [0.15, 0.2) is 57.4 Å². The predicted octanol–water partition coefficient (Wildman–Crippen LogP) is 5.94. The predicted molar refractivity (Wildman–Crippen MR) is 112 cm³/mol. The number of rotatable bonds is 4. The van der Waals surface area contributed by atoms with E-state index in [-0.39, 0.29) is 0 Å². The number of imidazole rings is 1. The van der Waals surface area contributed by atoms with Gasteiger partial charge in [0.25, 0.3) is 0 Å². The summed E-state index contributed by atoms with van der Waals surface area (Å²) < 4.78 is 1.04. The largest absolute Gasteiger partial charge is 0.337 e. The van der Waals surface area contributed by atoms with Gasteiger partial charge in [-0.25, -0.2) is 9.97 Å². The Bertz CT molecular complexity index is 1100. The Kier molecular flexibility index (Phi) is 4.76. The fraction of sp³-hybridized carbons (Fsp3) is 0.0556. The summed E-state index contributed by atoms with van der Waals surface area (Å²) in [6.45, 7) is 1.88. The second-order valence-electron chi connectivity index (χ2n) is 5.60. The molecule has 0 atom stereocenters. The fourth-order valence-electron chi connectivity index (χ4n) is 2.42. The molecule has 8 heteroatoms. The van der Waals surface area contributed by atoms with Gasteiger partial charge >= 0.3 is 0 Å². The summed E-state index contributed by atoms with van der Waals surface area (Å²) in [5.74, 6) is 0.694. The highest BCUT2D eigenvalue weighted by molar-refractivity contribution is 9.10. The first kappa shape index (κ1) is 17.2. The van der Waals surface area contributed by atoms with E-state index in [0.717, 1.165) is 37.6 Å². The molecule has 0 aliphatic carbocycles. The van der Waals surface area contributed by atoms with Crippen LogP contribution in [-0.4, -0.2) is 20.7 Å². The zero-order valence-corrected chi connectivity index (χ0v) is 16.8. The van der Waals surface area contributed by atoms with Gasteiger partial charge in [-0.3, -0.25) is 5.43 Å². The van der Waals surface area contributed by atoms with Crippen LogP contribution >= 0.6 is 38.9 Å². The summed E-state index contributed by atoms with van der Waals surface area (Å²) in [6.07, 6.45) is 0. The molecule has 4 aromatic rings. The number of thiazole rings is 1. The number of anilines is 1. The van der Waals surface area contributed by atoms with Gasteiger partial charge in [0.15, 0.2) is 5.82 Å². The van der Waals surface area contributed by atoms with Crippen LogP contribution in [0.5, 0.6) is 0 Å². The molecule has 0 saturated carbocycles. The molecule has 0 saturated heterocycles. The van der Waals surface area contributed by atoms with Crippen LogP contribution in [0.25, 0.3) is 22.3 Å². The first-order valence-electron chi connectivity index (χ1n) is 7.76. The van der Waals surface area contributed by atoms with Crippen molar-refractivity contribution in [2.75, 3.05) is 5.43 Å². The van der Waals surface area contributed by atoms with Crippen molar-refractivity contribution in [1.82, 2.24) is 15.0 Å². The Morgan fingerprint density at radius 2 is 2.00 bits per heavy atom. The van der Waals surface area contributed by atoms with Gasteiger partial charge in [0.2, 0.25) is 5.13 Å². The van der Waals surface area contributed by atoms with Gasteiger partial charge in [-0.1, -0.05) is 39.7 Å². The number of hydrazone groups is 1. The lowest BCUT2D eigenvalue weighted by Crippen LogP contribution is -2.01. The van der Waals surface area contributed by atoms with E-state index in [9.17, 15) is 0 Å². The van der Waals surface area contributed by atoms with E-state index in [0.29, 0.717) is 10.8 Å². The topological polar surface area (TPSA) is 66.0 Å². The SMILES string of the molecule is C/C(=N\Nc1nc(-c2ccc(Br)cc2)cs1)c1nc2ccc(Cl)cc2[nH]1. The summed E-state index contributed by atoms with van der Waals surface area (Å²) >= 11 is 11.0. The van der Waals surface area contributed by atoms with Crippen molar-refractivity contribution in [1.29, 1.82) is 0 Å². The molecule has 2 aromatic carbocycles. The quantitative estimate of drug-likeness (QED) is 0.301. The number of hydrogen-bond acceptors (Lipinski definition) is 5.